The molecule has 0 nitrogen and oxygen atoms in total. The van der Waals surface area contributed by atoms with E-state index in [2.05, 4.69) is 15.9 Å². The van der Waals surface area contributed by atoms with E-state index in [4.69, 9.17) is 0 Å². The molecular weight excluding hydrogens is 288 g/mol. The van der Waals surface area contributed by atoms with Crippen LogP contribution < -0.4 is 0 Å². The first-order chi connectivity index (χ1) is 7.47. The molecule has 0 unspecified atom stereocenters. The summed E-state index contributed by atoms with van der Waals surface area (Å²) in [6.45, 7) is -0.904. The molecule has 88 valence electrons. The minimum absolute atomic E-state index is 0.0315. The van der Waals surface area contributed by atoms with E-state index in [0.717, 1.165) is 12.1 Å². The normalized spacial score (nSPS) is 12.3. The van der Waals surface area contributed by atoms with Crippen molar-refractivity contribution in [3.8, 4) is 0 Å². The second-order valence-corrected chi connectivity index (χ2v) is 3.80. The molecule has 0 bridgehead atoms. The Kier molecular flexibility index (Phi) is 4.53. The molecule has 1 rings (SSSR count). The quantitative estimate of drug-likeness (QED) is 0.566. The molecule has 1 aromatic rings. The maximum atomic E-state index is 12.5. The highest BCUT2D eigenvalue weighted by Crippen LogP contribution is 2.31. The van der Waals surface area contributed by atoms with Gasteiger partial charge in [0.2, 0.25) is 0 Å². The van der Waals surface area contributed by atoms with E-state index in [1.165, 1.54) is 12.1 Å². The van der Waals surface area contributed by atoms with Gasteiger partial charge in [-0.3, -0.25) is 0 Å². The predicted molar refractivity (Wildman–Crippen MR) is 59.1 cm³/mol. The molecule has 0 radical (unpaired) electrons. The largest absolute Gasteiger partial charge is 0.416 e. The van der Waals surface area contributed by atoms with Crippen LogP contribution in [0.2, 0.25) is 0 Å². The van der Waals surface area contributed by atoms with Gasteiger partial charge in [0.05, 0.1) is 5.56 Å². The fourth-order valence-electron chi connectivity index (χ4n) is 1.24. The Morgan fingerprint density at radius 3 is 2.38 bits per heavy atom. The predicted octanol–water partition coefficient (Wildman–Crippen LogP) is 4.58. The van der Waals surface area contributed by atoms with E-state index < -0.39 is 18.4 Å². The lowest BCUT2D eigenvalue weighted by Crippen LogP contribution is -2.05. The van der Waals surface area contributed by atoms with Crippen LogP contribution in [-0.4, -0.2) is 5.33 Å². The van der Waals surface area contributed by atoms with Gasteiger partial charge in [0.25, 0.3) is 0 Å². The first kappa shape index (κ1) is 13.2. The molecule has 0 aliphatic heterocycles. The number of hydrogen-bond donors (Lipinski definition) is 0. The monoisotopic (exact) mass is 296 g/mol. The van der Waals surface area contributed by atoms with E-state index >= 15 is 0 Å². The summed E-state index contributed by atoms with van der Waals surface area (Å²) in [5.41, 5.74) is -0.442. The lowest BCUT2D eigenvalue weighted by molar-refractivity contribution is -0.137. The van der Waals surface area contributed by atoms with Crippen molar-refractivity contribution in [1.82, 2.24) is 0 Å². The number of alkyl halides is 5. The summed E-state index contributed by atoms with van der Waals surface area (Å²) in [4.78, 5) is 0. The zero-order valence-corrected chi connectivity index (χ0v) is 9.78. The van der Waals surface area contributed by atoms with Crippen LogP contribution in [0.3, 0.4) is 0 Å². The molecular formula is C11H9BrF4. The number of halogens is 5. The van der Waals surface area contributed by atoms with Gasteiger partial charge in [-0.1, -0.05) is 28.1 Å². The second-order valence-electron chi connectivity index (χ2n) is 3.15. The van der Waals surface area contributed by atoms with E-state index in [1.807, 2.05) is 0 Å². The van der Waals surface area contributed by atoms with Gasteiger partial charge in [-0.2, -0.15) is 13.2 Å². The van der Waals surface area contributed by atoms with Crippen molar-refractivity contribution in [3.05, 3.63) is 41.0 Å². The van der Waals surface area contributed by atoms with Crippen molar-refractivity contribution >= 4 is 22.0 Å². The van der Waals surface area contributed by atoms with Gasteiger partial charge >= 0.3 is 6.18 Å². The molecule has 1 aromatic carbocycles. The van der Waals surface area contributed by atoms with Gasteiger partial charge in [0.15, 0.2) is 0 Å². The molecule has 0 atom stereocenters. The maximum Gasteiger partial charge on any atom is 0.416 e. The summed E-state index contributed by atoms with van der Waals surface area (Å²) in [5.74, 6) is 0. The Labute approximate surface area is 99.1 Å². The Morgan fingerprint density at radius 2 is 1.88 bits per heavy atom. The molecule has 0 aromatic heterocycles. The molecule has 0 fully saturated rings. The summed E-state index contributed by atoms with van der Waals surface area (Å²) in [7, 11) is 0. The summed E-state index contributed by atoms with van der Waals surface area (Å²) in [6.07, 6.45) is -1.27. The highest BCUT2D eigenvalue weighted by Gasteiger charge is 2.30. The van der Waals surface area contributed by atoms with Gasteiger partial charge < -0.3 is 0 Å². The zero-order chi connectivity index (χ0) is 12.2. The average molecular weight is 297 g/mol. The second kappa shape index (κ2) is 5.48. The molecule has 0 spiro atoms. The van der Waals surface area contributed by atoms with Crippen molar-refractivity contribution in [2.45, 2.75) is 12.9 Å². The molecule has 5 heteroatoms. The molecule has 0 saturated carbocycles. The minimum atomic E-state index is -4.44. The summed E-state index contributed by atoms with van der Waals surface area (Å²) in [6, 6.07) is 3.22. The molecule has 0 N–H and O–H groups in total. The van der Waals surface area contributed by atoms with Crippen LogP contribution in [0.25, 0.3) is 6.08 Å². The van der Waals surface area contributed by atoms with Gasteiger partial charge in [0.1, 0.15) is 6.67 Å². The van der Waals surface area contributed by atoms with Crippen LogP contribution >= 0.6 is 15.9 Å². The summed E-state index contributed by atoms with van der Waals surface area (Å²) >= 11 is 3.12. The van der Waals surface area contributed by atoms with Crippen LogP contribution in [0.4, 0.5) is 17.6 Å². The molecule has 16 heavy (non-hydrogen) atoms. The van der Waals surface area contributed by atoms with E-state index in [0.29, 0.717) is 10.9 Å². The Hall–Kier alpha value is -0.840. The summed E-state index contributed by atoms with van der Waals surface area (Å²) in [5, 5.41) is 0.536. The fraction of sp³-hybridized carbons (Fsp3) is 0.273. The minimum Gasteiger partial charge on any atom is -0.246 e. The number of hydrogen-bond acceptors (Lipinski definition) is 0. The topological polar surface area (TPSA) is 0 Å². The van der Waals surface area contributed by atoms with Crippen molar-refractivity contribution in [3.63, 3.8) is 0 Å². The van der Waals surface area contributed by atoms with Crippen LogP contribution in [0.15, 0.2) is 24.3 Å². The lowest BCUT2D eigenvalue weighted by atomic mass is 10.1. The molecule has 0 heterocycles. The molecule has 0 saturated heterocycles. The number of rotatable bonds is 3. The third-order valence-corrected chi connectivity index (χ3v) is 2.27. The van der Waals surface area contributed by atoms with Crippen LogP contribution in [0.1, 0.15) is 16.7 Å². The number of benzene rings is 1. The van der Waals surface area contributed by atoms with Crippen molar-refractivity contribution < 1.29 is 17.6 Å². The van der Waals surface area contributed by atoms with Crippen LogP contribution in [0.5, 0.6) is 0 Å². The van der Waals surface area contributed by atoms with Gasteiger partial charge in [-0.05, 0) is 29.3 Å². The van der Waals surface area contributed by atoms with Crippen molar-refractivity contribution in [2.24, 2.45) is 0 Å². The van der Waals surface area contributed by atoms with E-state index in [1.54, 1.807) is 6.08 Å². The van der Waals surface area contributed by atoms with Crippen molar-refractivity contribution in [2.75, 3.05) is 5.33 Å². The smallest absolute Gasteiger partial charge is 0.246 e. The number of allylic oxidation sites excluding steroid dienone is 1. The third kappa shape index (κ3) is 3.63. The highest BCUT2D eigenvalue weighted by molar-refractivity contribution is 9.09. The Balaban J connectivity index is 3.16. The zero-order valence-electron chi connectivity index (χ0n) is 8.19. The maximum absolute atomic E-state index is 12.5. The molecule has 0 aliphatic carbocycles. The van der Waals surface area contributed by atoms with Gasteiger partial charge in [-0.25, -0.2) is 4.39 Å². The molecule has 0 aliphatic rings. The Bertz CT molecular complexity index is 382. The first-order valence-corrected chi connectivity index (χ1v) is 5.59. The van der Waals surface area contributed by atoms with E-state index in [-0.39, 0.29) is 5.56 Å². The van der Waals surface area contributed by atoms with Gasteiger partial charge in [0, 0.05) is 5.33 Å². The van der Waals surface area contributed by atoms with Crippen LogP contribution in [-0.2, 0) is 12.9 Å². The Morgan fingerprint density at radius 1 is 1.19 bits per heavy atom. The van der Waals surface area contributed by atoms with Gasteiger partial charge in [-0.15, -0.1) is 0 Å². The standard InChI is InChI=1S/C11H9BrF4/c12-3-1-2-8-4-9(7-13)6-10(5-8)11(14,15)16/h1-2,4-6H,3,7H2/b2-1-. The SMILES string of the molecule is FCc1cc(/C=C\CBr)cc(C(F)(F)F)c1. The lowest BCUT2D eigenvalue weighted by Gasteiger charge is -2.09. The summed E-state index contributed by atoms with van der Waals surface area (Å²) < 4.78 is 49.7. The fourth-order valence-corrected chi connectivity index (χ4v) is 1.42. The van der Waals surface area contributed by atoms with Crippen LogP contribution in [0, 0.1) is 0 Å². The third-order valence-electron chi connectivity index (χ3n) is 1.90. The van der Waals surface area contributed by atoms with E-state index in [9.17, 15) is 17.6 Å². The average Bonchev–Trinajstić information content (AvgIpc) is 2.24. The first-order valence-electron chi connectivity index (χ1n) is 4.47. The van der Waals surface area contributed by atoms with Crippen molar-refractivity contribution in [1.29, 1.82) is 0 Å². The highest BCUT2D eigenvalue weighted by atomic mass is 79.9. The molecule has 0 amide bonds.